The van der Waals surface area contributed by atoms with Crippen molar-refractivity contribution in [2.75, 3.05) is 5.88 Å². The Morgan fingerprint density at radius 1 is 1.35 bits per heavy atom. The summed E-state index contributed by atoms with van der Waals surface area (Å²) in [6.45, 7) is 2.91. The van der Waals surface area contributed by atoms with E-state index in [9.17, 15) is 9.59 Å². The molecule has 0 saturated heterocycles. The van der Waals surface area contributed by atoms with E-state index in [-0.39, 0.29) is 16.5 Å². The van der Waals surface area contributed by atoms with Crippen molar-refractivity contribution in [3.8, 4) is 0 Å². The van der Waals surface area contributed by atoms with Crippen molar-refractivity contribution < 1.29 is 14.3 Å². The number of ether oxygens (including phenoxy) is 1. The Balaban J connectivity index is 3.14. The molecule has 0 radical (unpaired) electrons. The largest absolute Gasteiger partial charge is 0.458 e. The Kier molecular flexibility index (Phi) is 6.53. The molecule has 0 spiro atoms. The smallest absolute Gasteiger partial charge is 0.342 e. The number of benzene rings is 1. The summed E-state index contributed by atoms with van der Waals surface area (Å²) < 4.78 is 5.03. The predicted octanol–water partition coefficient (Wildman–Crippen LogP) is 4.14. The van der Waals surface area contributed by atoms with E-state index < -0.39 is 17.9 Å². The molecule has 3 nitrogen and oxygen atoms in total. The summed E-state index contributed by atoms with van der Waals surface area (Å²) in [5, 5.41) is 0.608. The number of Topliss-reactive ketones (excluding diaryl/α,β-unsaturated/α-hetero) is 1. The molecular formula is C14H13Cl3O3. The SMILES string of the molecule is CC(=O)C(=Cc1cccc(Cl)c1Cl)C(=O)OC(C)CCl. The Labute approximate surface area is 132 Å². The lowest BCUT2D eigenvalue weighted by molar-refractivity contribution is -0.143. The lowest BCUT2D eigenvalue weighted by Crippen LogP contribution is -2.20. The highest BCUT2D eigenvalue weighted by Crippen LogP contribution is 2.27. The third kappa shape index (κ3) is 4.51. The number of hydrogen-bond acceptors (Lipinski definition) is 3. The molecule has 108 valence electrons. The van der Waals surface area contributed by atoms with E-state index in [1.165, 1.54) is 13.0 Å². The molecule has 20 heavy (non-hydrogen) atoms. The van der Waals surface area contributed by atoms with E-state index in [2.05, 4.69) is 0 Å². The minimum absolute atomic E-state index is 0.105. The highest BCUT2D eigenvalue weighted by molar-refractivity contribution is 6.43. The standard InChI is InChI=1S/C14H13Cl3O3/c1-8(7-15)20-14(19)11(9(2)18)6-10-4-3-5-12(16)13(10)17/h3-6,8H,7H2,1-2H3. The number of rotatable bonds is 5. The summed E-state index contributed by atoms with van der Waals surface area (Å²) in [4.78, 5) is 23.5. The van der Waals surface area contributed by atoms with Gasteiger partial charge in [0.25, 0.3) is 0 Å². The molecule has 1 rings (SSSR count). The number of carbonyl (C=O) groups excluding carboxylic acids is 2. The molecule has 1 atom stereocenters. The van der Waals surface area contributed by atoms with Crippen LogP contribution in [0.15, 0.2) is 23.8 Å². The predicted molar refractivity (Wildman–Crippen MR) is 81.4 cm³/mol. The van der Waals surface area contributed by atoms with Crippen LogP contribution in [-0.4, -0.2) is 23.7 Å². The summed E-state index contributed by atoms with van der Waals surface area (Å²) in [5.74, 6) is -1.01. The Morgan fingerprint density at radius 2 is 2.00 bits per heavy atom. The van der Waals surface area contributed by atoms with E-state index in [4.69, 9.17) is 39.5 Å². The molecule has 1 aromatic carbocycles. The first kappa shape index (κ1) is 17.0. The Hall–Kier alpha value is -1.03. The van der Waals surface area contributed by atoms with Crippen LogP contribution in [0.1, 0.15) is 19.4 Å². The molecule has 1 aromatic rings. The van der Waals surface area contributed by atoms with Gasteiger partial charge in [0.2, 0.25) is 0 Å². The maximum Gasteiger partial charge on any atom is 0.342 e. The van der Waals surface area contributed by atoms with Gasteiger partial charge in [-0.2, -0.15) is 0 Å². The van der Waals surface area contributed by atoms with Crippen LogP contribution < -0.4 is 0 Å². The molecule has 0 amide bonds. The summed E-state index contributed by atoms with van der Waals surface area (Å²) in [5.41, 5.74) is 0.367. The first-order valence-corrected chi connectivity index (χ1v) is 7.09. The summed E-state index contributed by atoms with van der Waals surface area (Å²) >= 11 is 17.5. The van der Waals surface area contributed by atoms with E-state index in [1.54, 1.807) is 25.1 Å². The molecule has 0 aromatic heterocycles. The van der Waals surface area contributed by atoms with Crippen molar-refractivity contribution in [2.24, 2.45) is 0 Å². The van der Waals surface area contributed by atoms with Gasteiger partial charge in [0.05, 0.1) is 15.9 Å². The van der Waals surface area contributed by atoms with Gasteiger partial charge in [-0.15, -0.1) is 11.6 Å². The second-order valence-corrected chi connectivity index (χ2v) is 5.22. The van der Waals surface area contributed by atoms with Gasteiger partial charge in [0.15, 0.2) is 5.78 Å². The number of ketones is 1. The molecule has 0 N–H and O–H groups in total. The fourth-order valence-electron chi connectivity index (χ4n) is 1.37. The second kappa shape index (κ2) is 7.67. The quantitative estimate of drug-likeness (QED) is 0.267. The van der Waals surface area contributed by atoms with E-state index in [1.807, 2.05) is 0 Å². The topological polar surface area (TPSA) is 43.4 Å². The van der Waals surface area contributed by atoms with Gasteiger partial charge < -0.3 is 4.74 Å². The average molecular weight is 336 g/mol. The highest BCUT2D eigenvalue weighted by atomic mass is 35.5. The van der Waals surface area contributed by atoms with Gasteiger partial charge in [-0.05, 0) is 31.6 Å². The van der Waals surface area contributed by atoms with Gasteiger partial charge in [0.1, 0.15) is 11.7 Å². The first-order valence-electron chi connectivity index (χ1n) is 5.80. The van der Waals surface area contributed by atoms with Gasteiger partial charge in [-0.1, -0.05) is 35.3 Å². The summed E-state index contributed by atoms with van der Waals surface area (Å²) in [6, 6.07) is 4.93. The van der Waals surface area contributed by atoms with Crippen LogP contribution in [0.3, 0.4) is 0 Å². The van der Waals surface area contributed by atoms with Crippen molar-refractivity contribution in [1.82, 2.24) is 0 Å². The fourth-order valence-corrected chi connectivity index (χ4v) is 1.79. The molecule has 0 aliphatic heterocycles. The first-order chi connectivity index (χ1) is 9.36. The van der Waals surface area contributed by atoms with Crippen LogP contribution in [0.25, 0.3) is 6.08 Å². The number of hydrogen-bond donors (Lipinski definition) is 0. The second-order valence-electron chi connectivity index (χ2n) is 4.13. The van der Waals surface area contributed by atoms with Crippen molar-refractivity contribution in [3.05, 3.63) is 39.4 Å². The van der Waals surface area contributed by atoms with E-state index >= 15 is 0 Å². The lowest BCUT2D eigenvalue weighted by atomic mass is 10.1. The van der Waals surface area contributed by atoms with Crippen LogP contribution in [0.5, 0.6) is 0 Å². The number of carbonyl (C=O) groups is 2. The molecule has 0 bridgehead atoms. The monoisotopic (exact) mass is 334 g/mol. The number of esters is 1. The Bertz CT molecular complexity index is 553. The normalized spacial score (nSPS) is 12.9. The highest BCUT2D eigenvalue weighted by Gasteiger charge is 2.19. The zero-order chi connectivity index (χ0) is 15.3. The van der Waals surface area contributed by atoms with Crippen LogP contribution in [0, 0.1) is 0 Å². The fraction of sp³-hybridized carbons (Fsp3) is 0.286. The minimum atomic E-state index is -0.735. The maximum absolute atomic E-state index is 11.9. The molecule has 0 saturated carbocycles. The van der Waals surface area contributed by atoms with Gasteiger partial charge in [0, 0.05) is 0 Å². The molecule has 0 fully saturated rings. The summed E-state index contributed by atoms with van der Waals surface area (Å²) in [6.07, 6.45) is 0.876. The van der Waals surface area contributed by atoms with Gasteiger partial charge in [-0.25, -0.2) is 4.79 Å². The van der Waals surface area contributed by atoms with Gasteiger partial charge >= 0.3 is 5.97 Å². The van der Waals surface area contributed by atoms with Crippen molar-refractivity contribution in [1.29, 1.82) is 0 Å². The summed E-state index contributed by atoms with van der Waals surface area (Å²) in [7, 11) is 0. The van der Waals surface area contributed by atoms with Crippen molar-refractivity contribution in [2.45, 2.75) is 20.0 Å². The van der Waals surface area contributed by atoms with Crippen LogP contribution in [-0.2, 0) is 14.3 Å². The molecule has 0 aliphatic carbocycles. The van der Waals surface area contributed by atoms with Crippen molar-refractivity contribution in [3.63, 3.8) is 0 Å². The third-order valence-corrected chi connectivity index (χ3v) is 3.67. The van der Waals surface area contributed by atoms with E-state index in [0.717, 1.165) is 0 Å². The third-order valence-electron chi connectivity index (χ3n) is 2.41. The zero-order valence-electron chi connectivity index (χ0n) is 11.0. The molecule has 0 aliphatic rings. The molecule has 0 heterocycles. The van der Waals surface area contributed by atoms with Gasteiger partial charge in [-0.3, -0.25) is 4.79 Å². The average Bonchev–Trinajstić information content (AvgIpc) is 2.39. The van der Waals surface area contributed by atoms with Crippen LogP contribution in [0.4, 0.5) is 0 Å². The number of alkyl halides is 1. The van der Waals surface area contributed by atoms with Crippen LogP contribution >= 0.6 is 34.8 Å². The maximum atomic E-state index is 11.9. The van der Waals surface area contributed by atoms with Crippen molar-refractivity contribution >= 4 is 52.6 Å². The van der Waals surface area contributed by atoms with Crippen LogP contribution in [0.2, 0.25) is 10.0 Å². The molecule has 6 heteroatoms. The van der Waals surface area contributed by atoms with E-state index in [0.29, 0.717) is 10.6 Å². The zero-order valence-corrected chi connectivity index (χ0v) is 13.2. The molecular weight excluding hydrogens is 323 g/mol. The number of halogens is 3. The Morgan fingerprint density at radius 3 is 2.55 bits per heavy atom. The lowest BCUT2D eigenvalue weighted by Gasteiger charge is -2.11. The molecule has 1 unspecified atom stereocenters. The minimum Gasteiger partial charge on any atom is -0.458 e.